The van der Waals surface area contributed by atoms with Gasteiger partial charge in [-0.1, -0.05) is 6.08 Å². The molecule has 0 aliphatic heterocycles. The predicted octanol–water partition coefficient (Wildman–Crippen LogP) is 1.33. The van der Waals surface area contributed by atoms with Crippen molar-refractivity contribution in [3.8, 4) is 0 Å². The average molecular weight is 197 g/mol. The Morgan fingerprint density at radius 1 is 1.57 bits per heavy atom. The summed E-state index contributed by atoms with van der Waals surface area (Å²) < 4.78 is 0. The number of nitrogens with zero attached hydrogens (tertiary/aromatic N) is 1. The SMILES string of the molecule is C=CCCC(=O)N(CCO)C1CCC1. The monoisotopic (exact) mass is 197 g/mol. The highest BCUT2D eigenvalue weighted by Gasteiger charge is 2.27. The van der Waals surface area contributed by atoms with E-state index in [0.29, 0.717) is 19.0 Å². The van der Waals surface area contributed by atoms with Crippen LogP contribution >= 0.6 is 0 Å². The summed E-state index contributed by atoms with van der Waals surface area (Å²) in [7, 11) is 0. The fourth-order valence-electron chi connectivity index (χ4n) is 1.69. The summed E-state index contributed by atoms with van der Waals surface area (Å²) in [5, 5.41) is 8.87. The highest BCUT2D eigenvalue weighted by Crippen LogP contribution is 2.25. The van der Waals surface area contributed by atoms with Crippen LogP contribution in [-0.2, 0) is 4.79 Å². The van der Waals surface area contributed by atoms with Gasteiger partial charge in [-0.3, -0.25) is 4.79 Å². The van der Waals surface area contributed by atoms with Gasteiger partial charge in [0.2, 0.25) is 5.91 Å². The molecule has 0 spiro atoms. The average Bonchev–Trinajstić information content (AvgIpc) is 2.10. The van der Waals surface area contributed by atoms with E-state index in [9.17, 15) is 4.79 Å². The largest absolute Gasteiger partial charge is 0.395 e. The van der Waals surface area contributed by atoms with E-state index in [1.54, 1.807) is 6.08 Å². The first kappa shape index (κ1) is 11.2. The first-order valence-electron chi connectivity index (χ1n) is 5.30. The number of aliphatic hydroxyl groups excluding tert-OH is 1. The fourth-order valence-corrected chi connectivity index (χ4v) is 1.69. The second-order valence-electron chi connectivity index (χ2n) is 3.72. The summed E-state index contributed by atoms with van der Waals surface area (Å²) in [4.78, 5) is 13.5. The van der Waals surface area contributed by atoms with Gasteiger partial charge in [0.25, 0.3) is 0 Å². The van der Waals surface area contributed by atoms with Crippen LogP contribution in [0.2, 0.25) is 0 Å². The number of hydrogen-bond donors (Lipinski definition) is 1. The smallest absolute Gasteiger partial charge is 0.223 e. The van der Waals surface area contributed by atoms with Gasteiger partial charge in [-0.2, -0.15) is 0 Å². The van der Waals surface area contributed by atoms with Crippen molar-refractivity contribution >= 4 is 5.91 Å². The third-order valence-electron chi connectivity index (χ3n) is 2.74. The first-order chi connectivity index (χ1) is 6.79. The first-order valence-corrected chi connectivity index (χ1v) is 5.30. The van der Waals surface area contributed by atoms with Crippen LogP contribution in [0.1, 0.15) is 32.1 Å². The van der Waals surface area contributed by atoms with Crippen LogP contribution < -0.4 is 0 Å². The number of rotatable bonds is 6. The molecule has 80 valence electrons. The molecule has 0 heterocycles. The zero-order valence-electron chi connectivity index (χ0n) is 8.61. The summed E-state index contributed by atoms with van der Waals surface area (Å²) in [6.07, 6.45) is 6.42. The molecule has 1 aliphatic rings. The van der Waals surface area contributed by atoms with Gasteiger partial charge in [0, 0.05) is 19.0 Å². The quantitative estimate of drug-likeness (QED) is 0.652. The maximum Gasteiger partial charge on any atom is 0.223 e. The molecule has 1 aliphatic carbocycles. The molecule has 3 nitrogen and oxygen atoms in total. The van der Waals surface area contributed by atoms with Crippen molar-refractivity contribution in [3.05, 3.63) is 12.7 Å². The Hall–Kier alpha value is -0.830. The zero-order valence-corrected chi connectivity index (χ0v) is 8.61. The minimum atomic E-state index is 0.0658. The van der Waals surface area contributed by atoms with E-state index < -0.39 is 0 Å². The van der Waals surface area contributed by atoms with Gasteiger partial charge in [0.15, 0.2) is 0 Å². The van der Waals surface area contributed by atoms with E-state index in [4.69, 9.17) is 5.11 Å². The van der Waals surface area contributed by atoms with Crippen molar-refractivity contribution in [3.63, 3.8) is 0 Å². The minimum absolute atomic E-state index is 0.0658. The van der Waals surface area contributed by atoms with Crippen LogP contribution in [0.25, 0.3) is 0 Å². The second-order valence-corrected chi connectivity index (χ2v) is 3.72. The topological polar surface area (TPSA) is 40.5 Å². The Morgan fingerprint density at radius 2 is 2.29 bits per heavy atom. The maximum atomic E-state index is 11.7. The number of carbonyl (C=O) groups excluding carboxylic acids is 1. The van der Waals surface area contributed by atoms with E-state index in [2.05, 4.69) is 6.58 Å². The van der Waals surface area contributed by atoms with Crippen LogP contribution in [0, 0.1) is 0 Å². The van der Waals surface area contributed by atoms with Crippen molar-refractivity contribution in [2.45, 2.75) is 38.1 Å². The highest BCUT2D eigenvalue weighted by molar-refractivity contribution is 5.76. The van der Waals surface area contributed by atoms with Gasteiger partial charge in [0.1, 0.15) is 0 Å². The van der Waals surface area contributed by atoms with E-state index in [1.165, 1.54) is 6.42 Å². The number of hydrogen-bond acceptors (Lipinski definition) is 2. The number of aliphatic hydroxyl groups is 1. The van der Waals surface area contributed by atoms with Crippen molar-refractivity contribution in [2.24, 2.45) is 0 Å². The molecule has 0 atom stereocenters. The van der Waals surface area contributed by atoms with Crippen molar-refractivity contribution < 1.29 is 9.90 Å². The van der Waals surface area contributed by atoms with E-state index in [-0.39, 0.29) is 12.5 Å². The Morgan fingerprint density at radius 3 is 2.71 bits per heavy atom. The summed E-state index contributed by atoms with van der Waals surface area (Å²) in [6.45, 7) is 4.15. The van der Waals surface area contributed by atoms with E-state index >= 15 is 0 Å². The lowest BCUT2D eigenvalue weighted by molar-refractivity contribution is -0.135. The number of amides is 1. The second kappa shape index (κ2) is 5.81. The molecule has 0 radical (unpaired) electrons. The van der Waals surface area contributed by atoms with Gasteiger partial charge in [0.05, 0.1) is 6.61 Å². The molecular weight excluding hydrogens is 178 g/mol. The van der Waals surface area contributed by atoms with Crippen LogP contribution in [-0.4, -0.2) is 35.1 Å². The zero-order chi connectivity index (χ0) is 10.4. The molecule has 1 rings (SSSR count). The lowest BCUT2D eigenvalue weighted by Gasteiger charge is -2.37. The van der Waals surface area contributed by atoms with Crippen molar-refractivity contribution in [1.29, 1.82) is 0 Å². The Labute approximate surface area is 85.4 Å². The van der Waals surface area contributed by atoms with Crippen LogP contribution in [0.15, 0.2) is 12.7 Å². The lowest BCUT2D eigenvalue weighted by Crippen LogP contribution is -2.45. The molecule has 1 N–H and O–H groups in total. The van der Waals surface area contributed by atoms with Gasteiger partial charge in [-0.05, 0) is 25.7 Å². The Balaban J connectivity index is 2.39. The number of carbonyl (C=O) groups is 1. The molecule has 1 saturated carbocycles. The van der Waals surface area contributed by atoms with Crippen LogP contribution in [0.4, 0.5) is 0 Å². The fraction of sp³-hybridized carbons (Fsp3) is 0.727. The third-order valence-corrected chi connectivity index (χ3v) is 2.74. The molecule has 0 aromatic heterocycles. The molecule has 0 saturated heterocycles. The predicted molar refractivity (Wildman–Crippen MR) is 55.9 cm³/mol. The Kier molecular flexibility index (Phi) is 4.66. The van der Waals surface area contributed by atoms with Crippen molar-refractivity contribution in [1.82, 2.24) is 4.90 Å². The standard InChI is InChI=1S/C11H19NO2/c1-2-3-7-11(14)12(8-9-13)10-5-4-6-10/h2,10,13H,1,3-9H2. The van der Waals surface area contributed by atoms with E-state index in [1.807, 2.05) is 4.90 Å². The molecular formula is C11H19NO2. The maximum absolute atomic E-state index is 11.7. The van der Waals surface area contributed by atoms with Crippen LogP contribution in [0.5, 0.6) is 0 Å². The van der Waals surface area contributed by atoms with Gasteiger partial charge in [-0.15, -0.1) is 6.58 Å². The summed E-state index contributed by atoms with van der Waals surface area (Å²) in [5.74, 6) is 0.156. The highest BCUT2D eigenvalue weighted by atomic mass is 16.3. The lowest BCUT2D eigenvalue weighted by atomic mass is 9.91. The van der Waals surface area contributed by atoms with Crippen LogP contribution in [0.3, 0.4) is 0 Å². The van der Waals surface area contributed by atoms with Gasteiger partial charge < -0.3 is 10.0 Å². The summed E-state index contributed by atoms with van der Waals surface area (Å²) >= 11 is 0. The molecule has 0 aromatic carbocycles. The number of allylic oxidation sites excluding steroid dienone is 1. The molecule has 0 bridgehead atoms. The summed E-state index contributed by atoms with van der Waals surface area (Å²) in [6, 6.07) is 0.388. The molecule has 14 heavy (non-hydrogen) atoms. The molecule has 3 heteroatoms. The molecule has 1 amide bonds. The van der Waals surface area contributed by atoms with E-state index in [0.717, 1.165) is 19.3 Å². The summed E-state index contributed by atoms with van der Waals surface area (Å²) in [5.41, 5.74) is 0. The molecule has 0 unspecified atom stereocenters. The normalized spacial score (nSPS) is 16.1. The molecule has 0 aromatic rings. The third kappa shape index (κ3) is 2.84. The van der Waals surface area contributed by atoms with Gasteiger partial charge in [-0.25, -0.2) is 0 Å². The Bertz CT molecular complexity index is 199. The van der Waals surface area contributed by atoms with Gasteiger partial charge >= 0.3 is 0 Å². The molecule has 1 fully saturated rings. The van der Waals surface area contributed by atoms with Crippen molar-refractivity contribution in [2.75, 3.05) is 13.2 Å². The minimum Gasteiger partial charge on any atom is -0.395 e.